The van der Waals surface area contributed by atoms with Crippen LogP contribution in [-0.4, -0.2) is 22.1 Å². The summed E-state index contributed by atoms with van der Waals surface area (Å²) in [5.41, 5.74) is 4.01. The molecule has 1 N–H and O–H groups in total. The van der Waals surface area contributed by atoms with Crippen molar-refractivity contribution in [3.05, 3.63) is 76.5 Å². The van der Waals surface area contributed by atoms with E-state index in [0.717, 1.165) is 32.5 Å². The van der Waals surface area contributed by atoms with Crippen LogP contribution in [0.25, 0.3) is 28.1 Å². The molecule has 4 aromatic rings. The number of furan rings is 1. The third-order valence-corrected chi connectivity index (χ3v) is 5.91. The maximum absolute atomic E-state index is 13.0. The lowest BCUT2D eigenvalue weighted by molar-refractivity contribution is -0.138. The number of imidazole rings is 1. The molecule has 7 heteroatoms. The lowest BCUT2D eigenvalue weighted by Crippen LogP contribution is -2.28. The molecule has 0 radical (unpaired) electrons. The van der Waals surface area contributed by atoms with E-state index in [2.05, 4.69) is 21.2 Å². The smallest absolute Gasteiger partial charge is 0.338 e. The molecule has 1 aliphatic heterocycles. The first kappa shape index (κ1) is 19.6. The minimum atomic E-state index is -0.507. The number of aromatic nitrogens is 2. The molecule has 0 saturated heterocycles. The Morgan fingerprint density at radius 2 is 1.94 bits per heavy atom. The topological polar surface area (TPSA) is 69.3 Å². The van der Waals surface area contributed by atoms with Gasteiger partial charge in [-0.2, -0.15) is 0 Å². The fraction of sp³-hybridized carbons (Fsp3) is 0.167. The molecule has 0 bridgehead atoms. The van der Waals surface area contributed by atoms with E-state index in [1.54, 1.807) is 6.92 Å². The Hall–Kier alpha value is -3.32. The van der Waals surface area contributed by atoms with E-state index in [1.807, 2.05) is 72.2 Å². The predicted octanol–water partition coefficient (Wildman–Crippen LogP) is 6.02. The number of para-hydroxylation sites is 2. The van der Waals surface area contributed by atoms with Crippen LogP contribution in [0.5, 0.6) is 0 Å². The Bertz CT molecular complexity index is 1320. The van der Waals surface area contributed by atoms with Crippen molar-refractivity contribution in [2.24, 2.45) is 0 Å². The second kappa shape index (κ2) is 7.74. The Labute approximate surface area is 187 Å². The maximum Gasteiger partial charge on any atom is 0.338 e. The van der Waals surface area contributed by atoms with Crippen LogP contribution in [0.1, 0.15) is 25.6 Å². The number of rotatable bonds is 4. The molecule has 0 spiro atoms. The van der Waals surface area contributed by atoms with Crippen LogP contribution in [0.15, 0.2) is 75.1 Å². The number of allylic oxidation sites excluding steroid dienone is 1. The summed E-state index contributed by atoms with van der Waals surface area (Å²) in [6.45, 7) is 4.01. The van der Waals surface area contributed by atoms with Crippen LogP contribution >= 0.6 is 15.9 Å². The average molecular weight is 478 g/mol. The summed E-state index contributed by atoms with van der Waals surface area (Å²) in [6, 6.07) is 19.0. The third kappa shape index (κ3) is 3.35. The normalized spacial score (nSPS) is 15.6. The number of esters is 1. The van der Waals surface area contributed by atoms with Gasteiger partial charge in [0.2, 0.25) is 5.95 Å². The Kier molecular flexibility index (Phi) is 4.90. The molecule has 2 aromatic heterocycles. The number of carbonyl (C=O) groups is 1. The molecule has 0 fully saturated rings. The number of nitrogens with one attached hydrogen (secondary N) is 1. The number of carbonyl (C=O) groups excluding carboxylic acids is 1. The second-order valence-electron chi connectivity index (χ2n) is 7.27. The highest BCUT2D eigenvalue weighted by atomic mass is 79.9. The number of hydrogen-bond acceptors (Lipinski definition) is 5. The number of hydrogen-bond donors (Lipinski definition) is 1. The Morgan fingerprint density at radius 3 is 2.71 bits per heavy atom. The quantitative estimate of drug-likeness (QED) is 0.364. The van der Waals surface area contributed by atoms with E-state index in [4.69, 9.17) is 14.1 Å². The minimum Gasteiger partial charge on any atom is -0.463 e. The predicted molar refractivity (Wildman–Crippen MR) is 123 cm³/mol. The van der Waals surface area contributed by atoms with E-state index in [-0.39, 0.29) is 5.97 Å². The number of nitrogens with zero attached hydrogens (tertiary/aromatic N) is 2. The van der Waals surface area contributed by atoms with E-state index >= 15 is 0 Å². The van der Waals surface area contributed by atoms with Crippen molar-refractivity contribution < 1.29 is 13.9 Å². The van der Waals surface area contributed by atoms with Gasteiger partial charge in [-0.3, -0.25) is 4.57 Å². The lowest BCUT2D eigenvalue weighted by Gasteiger charge is -2.27. The zero-order valence-electron chi connectivity index (χ0n) is 17.1. The molecule has 2 aromatic carbocycles. The van der Waals surface area contributed by atoms with Crippen molar-refractivity contribution in [1.29, 1.82) is 0 Å². The number of anilines is 1. The molecule has 5 rings (SSSR count). The van der Waals surface area contributed by atoms with Gasteiger partial charge < -0.3 is 14.5 Å². The first-order valence-electron chi connectivity index (χ1n) is 10.0. The summed E-state index contributed by atoms with van der Waals surface area (Å²) in [4.78, 5) is 17.7. The number of benzene rings is 2. The van der Waals surface area contributed by atoms with Gasteiger partial charge in [-0.15, -0.1) is 0 Å². The number of fused-ring (bicyclic) bond motifs is 3. The van der Waals surface area contributed by atoms with Crippen LogP contribution in [0, 0.1) is 0 Å². The van der Waals surface area contributed by atoms with Gasteiger partial charge in [-0.05, 0) is 50.2 Å². The van der Waals surface area contributed by atoms with E-state index in [9.17, 15) is 4.79 Å². The summed E-state index contributed by atoms with van der Waals surface area (Å²) in [5.74, 6) is 1.64. The first-order valence-corrected chi connectivity index (χ1v) is 10.8. The van der Waals surface area contributed by atoms with Gasteiger partial charge in [0.25, 0.3) is 0 Å². The SMILES string of the molecule is CCOC(=O)C1=C(C)n2c(nc3ccccc32)N[C@H]1c1ccc(-c2ccc(Br)cc2)o1. The van der Waals surface area contributed by atoms with E-state index in [1.165, 1.54) is 0 Å². The number of ether oxygens (including phenoxy) is 1. The van der Waals surface area contributed by atoms with E-state index < -0.39 is 6.04 Å². The van der Waals surface area contributed by atoms with Crippen molar-refractivity contribution in [3.63, 3.8) is 0 Å². The molecular formula is C24H20BrN3O3. The zero-order chi connectivity index (χ0) is 21.5. The van der Waals surface area contributed by atoms with Crippen molar-refractivity contribution in [1.82, 2.24) is 9.55 Å². The molecule has 0 aliphatic carbocycles. The Morgan fingerprint density at radius 1 is 1.16 bits per heavy atom. The summed E-state index contributed by atoms with van der Waals surface area (Å²) in [6.07, 6.45) is 0. The zero-order valence-corrected chi connectivity index (χ0v) is 18.6. The van der Waals surface area contributed by atoms with Gasteiger partial charge in [0.15, 0.2) is 0 Å². The first-order chi connectivity index (χ1) is 15.1. The average Bonchev–Trinajstić information content (AvgIpc) is 3.39. The largest absolute Gasteiger partial charge is 0.463 e. The molecule has 1 atom stereocenters. The van der Waals surface area contributed by atoms with Gasteiger partial charge in [0.1, 0.15) is 17.6 Å². The van der Waals surface area contributed by atoms with Gasteiger partial charge >= 0.3 is 5.97 Å². The Balaban J connectivity index is 1.62. The molecule has 156 valence electrons. The molecule has 6 nitrogen and oxygen atoms in total. The van der Waals surface area contributed by atoms with Crippen LogP contribution in [0.2, 0.25) is 0 Å². The van der Waals surface area contributed by atoms with Crippen molar-refractivity contribution in [2.45, 2.75) is 19.9 Å². The van der Waals surface area contributed by atoms with Crippen LogP contribution in [0.3, 0.4) is 0 Å². The van der Waals surface area contributed by atoms with Crippen molar-refractivity contribution >= 4 is 44.6 Å². The van der Waals surface area contributed by atoms with Crippen LogP contribution in [0.4, 0.5) is 5.95 Å². The molecule has 1 aliphatic rings. The van der Waals surface area contributed by atoms with Gasteiger partial charge in [0.05, 0.1) is 23.2 Å². The molecular weight excluding hydrogens is 458 g/mol. The molecule has 31 heavy (non-hydrogen) atoms. The van der Waals surface area contributed by atoms with Crippen LogP contribution in [-0.2, 0) is 9.53 Å². The molecule has 3 heterocycles. The summed E-state index contributed by atoms with van der Waals surface area (Å²) in [5, 5.41) is 3.39. The van der Waals surface area contributed by atoms with Gasteiger partial charge in [0, 0.05) is 15.7 Å². The highest BCUT2D eigenvalue weighted by molar-refractivity contribution is 9.10. The number of halogens is 1. The minimum absolute atomic E-state index is 0.294. The highest BCUT2D eigenvalue weighted by Crippen LogP contribution is 2.40. The fourth-order valence-corrected chi connectivity index (χ4v) is 4.22. The monoisotopic (exact) mass is 477 g/mol. The summed E-state index contributed by atoms with van der Waals surface area (Å²) >= 11 is 3.45. The highest BCUT2D eigenvalue weighted by Gasteiger charge is 2.35. The lowest BCUT2D eigenvalue weighted by atomic mass is 10.0. The van der Waals surface area contributed by atoms with Gasteiger partial charge in [-0.1, -0.05) is 40.2 Å². The summed E-state index contributed by atoms with van der Waals surface area (Å²) in [7, 11) is 0. The maximum atomic E-state index is 13.0. The summed E-state index contributed by atoms with van der Waals surface area (Å²) < 4.78 is 14.5. The standard InChI is InChI=1S/C24H20BrN3O3/c1-3-30-23(29)21-14(2)28-18-7-5-4-6-17(18)26-24(28)27-22(21)20-13-12-19(31-20)15-8-10-16(25)11-9-15/h4-13,22H,3H2,1-2H3,(H,26,27)/t22-/m0/s1. The molecule has 0 saturated carbocycles. The van der Waals surface area contributed by atoms with E-state index in [0.29, 0.717) is 23.9 Å². The van der Waals surface area contributed by atoms with Crippen molar-refractivity contribution in [2.75, 3.05) is 11.9 Å². The molecule has 0 unspecified atom stereocenters. The van der Waals surface area contributed by atoms with Crippen LogP contribution < -0.4 is 5.32 Å². The third-order valence-electron chi connectivity index (χ3n) is 5.38. The van der Waals surface area contributed by atoms with Gasteiger partial charge in [-0.25, -0.2) is 9.78 Å². The second-order valence-corrected chi connectivity index (χ2v) is 8.18. The molecule has 0 amide bonds. The fourth-order valence-electron chi connectivity index (χ4n) is 3.96. The van der Waals surface area contributed by atoms with Crippen molar-refractivity contribution in [3.8, 4) is 11.3 Å².